The molecule has 1 aromatic carbocycles. The van der Waals surface area contributed by atoms with Gasteiger partial charge in [0.1, 0.15) is 0 Å². The smallest absolute Gasteiger partial charge is 0.329 e. The summed E-state index contributed by atoms with van der Waals surface area (Å²) in [6, 6.07) is 7.88. The van der Waals surface area contributed by atoms with Crippen LogP contribution in [0.2, 0.25) is 0 Å². The lowest BCUT2D eigenvalue weighted by Gasteiger charge is -2.01. The van der Waals surface area contributed by atoms with E-state index in [4.69, 9.17) is 0 Å². The molecule has 0 spiro atoms. The number of benzene rings is 1. The lowest BCUT2D eigenvalue weighted by Crippen LogP contribution is -2.04. The molecular formula is C15H9F3N2O2S. The molecule has 0 saturated heterocycles. The van der Waals surface area contributed by atoms with E-state index in [2.05, 4.69) is 14.7 Å². The van der Waals surface area contributed by atoms with E-state index in [1.165, 1.54) is 35.6 Å². The number of aromatic nitrogens is 2. The number of alkyl halides is 3. The number of carbonyl (C=O) groups excluding carboxylic acids is 1. The van der Waals surface area contributed by atoms with Gasteiger partial charge in [-0.15, -0.1) is 11.3 Å². The van der Waals surface area contributed by atoms with Gasteiger partial charge in [0.15, 0.2) is 0 Å². The van der Waals surface area contributed by atoms with E-state index in [1.807, 2.05) is 18.4 Å². The maximum absolute atomic E-state index is 12.4. The second kappa shape index (κ2) is 5.62. The number of ketones is 1. The largest absolute Gasteiger partial charge is 0.471 e. The van der Waals surface area contributed by atoms with E-state index in [0.717, 1.165) is 5.56 Å². The third-order valence-electron chi connectivity index (χ3n) is 3.14. The van der Waals surface area contributed by atoms with Gasteiger partial charge in [0.25, 0.3) is 0 Å². The van der Waals surface area contributed by atoms with Crippen LogP contribution in [0.15, 0.2) is 40.2 Å². The Labute approximate surface area is 132 Å². The third kappa shape index (κ3) is 3.02. The SMILES string of the molecule is Cc1ccsc1C(=O)c1ccc(-c2noc(C(F)(F)F)n2)cc1. The van der Waals surface area contributed by atoms with Crippen LogP contribution in [0.5, 0.6) is 0 Å². The second-order valence-electron chi connectivity index (χ2n) is 4.76. The molecule has 23 heavy (non-hydrogen) atoms. The Hall–Kier alpha value is -2.48. The molecule has 0 radical (unpaired) electrons. The molecule has 2 heterocycles. The van der Waals surface area contributed by atoms with E-state index in [9.17, 15) is 18.0 Å². The topological polar surface area (TPSA) is 56.0 Å². The molecule has 4 nitrogen and oxygen atoms in total. The Bertz CT molecular complexity index is 850. The van der Waals surface area contributed by atoms with Crippen LogP contribution in [0, 0.1) is 6.92 Å². The van der Waals surface area contributed by atoms with Crippen molar-refractivity contribution in [2.75, 3.05) is 0 Å². The molecule has 0 fully saturated rings. The molecule has 118 valence electrons. The standard InChI is InChI=1S/C15H9F3N2O2S/c1-8-6-7-23-12(8)11(21)9-2-4-10(5-3-9)13-19-14(22-20-13)15(16,17)18/h2-7H,1H3. The Morgan fingerprint density at radius 3 is 2.39 bits per heavy atom. The van der Waals surface area contributed by atoms with Gasteiger partial charge in [-0.25, -0.2) is 0 Å². The molecule has 0 bridgehead atoms. The van der Waals surface area contributed by atoms with Gasteiger partial charge in [-0.05, 0) is 23.9 Å². The van der Waals surface area contributed by atoms with Gasteiger partial charge in [0, 0.05) is 11.1 Å². The molecule has 3 aromatic rings. The van der Waals surface area contributed by atoms with Gasteiger partial charge in [0.2, 0.25) is 11.6 Å². The molecule has 0 saturated carbocycles. The number of thiophene rings is 1. The highest BCUT2D eigenvalue weighted by atomic mass is 32.1. The van der Waals surface area contributed by atoms with E-state index in [-0.39, 0.29) is 11.6 Å². The number of carbonyl (C=O) groups is 1. The Balaban J connectivity index is 1.86. The highest BCUT2D eigenvalue weighted by Crippen LogP contribution is 2.29. The van der Waals surface area contributed by atoms with Gasteiger partial charge in [0.05, 0.1) is 4.88 Å². The van der Waals surface area contributed by atoms with Gasteiger partial charge < -0.3 is 4.52 Å². The average Bonchev–Trinajstić information content (AvgIpc) is 3.15. The summed E-state index contributed by atoms with van der Waals surface area (Å²) in [4.78, 5) is 16.3. The summed E-state index contributed by atoms with van der Waals surface area (Å²) in [6.45, 7) is 1.84. The third-order valence-corrected chi connectivity index (χ3v) is 4.16. The summed E-state index contributed by atoms with van der Waals surface area (Å²) in [7, 11) is 0. The molecule has 0 atom stereocenters. The molecule has 0 aliphatic heterocycles. The zero-order valence-corrected chi connectivity index (χ0v) is 12.5. The van der Waals surface area contributed by atoms with Crippen molar-refractivity contribution in [3.8, 4) is 11.4 Å². The van der Waals surface area contributed by atoms with E-state index in [0.29, 0.717) is 16.0 Å². The number of nitrogens with zero attached hydrogens (tertiary/aromatic N) is 2. The highest BCUT2D eigenvalue weighted by molar-refractivity contribution is 7.12. The maximum Gasteiger partial charge on any atom is 0.471 e. The van der Waals surface area contributed by atoms with Crippen molar-refractivity contribution in [2.24, 2.45) is 0 Å². The monoisotopic (exact) mass is 338 g/mol. The summed E-state index contributed by atoms with van der Waals surface area (Å²) in [5.74, 6) is -1.71. The minimum absolute atomic E-state index is 0.131. The first-order chi connectivity index (χ1) is 10.9. The molecule has 2 aromatic heterocycles. The predicted molar refractivity (Wildman–Crippen MR) is 77.2 cm³/mol. The Morgan fingerprint density at radius 1 is 1.17 bits per heavy atom. The zero-order chi connectivity index (χ0) is 16.6. The van der Waals surface area contributed by atoms with Crippen molar-refractivity contribution in [3.05, 3.63) is 57.6 Å². The zero-order valence-electron chi connectivity index (χ0n) is 11.7. The van der Waals surface area contributed by atoms with Crippen LogP contribution >= 0.6 is 11.3 Å². The summed E-state index contributed by atoms with van der Waals surface area (Å²) in [6.07, 6.45) is -4.68. The van der Waals surface area contributed by atoms with Crippen LogP contribution in [-0.4, -0.2) is 15.9 Å². The Kier molecular flexibility index (Phi) is 3.77. The quantitative estimate of drug-likeness (QED) is 0.666. The summed E-state index contributed by atoms with van der Waals surface area (Å²) < 4.78 is 41.5. The van der Waals surface area contributed by atoms with Crippen molar-refractivity contribution >= 4 is 17.1 Å². The van der Waals surface area contributed by atoms with E-state index < -0.39 is 12.1 Å². The van der Waals surface area contributed by atoms with Crippen molar-refractivity contribution in [1.82, 2.24) is 10.1 Å². The normalized spacial score (nSPS) is 11.7. The number of aryl methyl sites for hydroxylation is 1. The predicted octanol–water partition coefficient (Wildman–Crippen LogP) is 4.36. The van der Waals surface area contributed by atoms with Crippen molar-refractivity contribution < 1.29 is 22.5 Å². The minimum Gasteiger partial charge on any atom is -0.329 e. The lowest BCUT2D eigenvalue weighted by molar-refractivity contribution is -0.159. The number of halogens is 3. The van der Waals surface area contributed by atoms with Crippen molar-refractivity contribution in [2.45, 2.75) is 13.1 Å². The van der Waals surface area contributed by atoms with Crippen LogP contribution < -0.4 is 0 Å². The molecule has 0 aliphatic carbocycles. The minimum atomic E-state index is -4.68. The molecule has 3 rings (SSSR count). The van der Waals surface area contributed by atoms with Crippen molar-refractivity contribution in [1.29, 1.82) is 0 Å². The molecule has 0 aliphatic rings. The summed E-state index contributed by atoms with van der Waals surface area (Å²) in [5, 5.41) is 5.13. The summed E-state index contributed by atoms with van der Waals surface area (Å²) >= 11 is 1.34. The first-order valence-electron chi connectivity index (χ1n) is 6.46. The fourth-order valence-corrected chi connectivity index (χ4v) is 2.85. The first kappa shape index (κ1) is 15.4. The molecule has 8 heteroatoms. The van der Waals surface area contributed by atoms with Gasteiger partial charge in [-0.1, -0.05) is 29.4 Å². The van der Waals surface area contributed by atoms with Crippen molar-refractivity contribution in [3.63, 3.8) is 0 Å². The fourth-order valence-electron chi connectivity index (χ4n) is 1.96. The molecular weight excluding hydrogens is 329 g/mol. The van der Waals surface area contributed by atoms with Crippen LogP contribution in [0.1, 0.15) is 26.7 Å². The van der Waals surface area contributed by atoms with E-state index in [1.54, 1.807) is 0 Å². The fraction of sp³-hybridized carbons (Fsp3) is 0.133. The van der Waals surface area contributed by atoms with Gasteiger partial charge >= 0.3 is 12.1 Å². The molecule has 0 unspecified atom stereocenters. The maximum atomic E-state index is 12.4. The van der Waals surface area contributed by atoms with Crippen LogP contribution in [0.4, 0.5) is 13.2 Å². The van der Waals surface area contributed by atoms with E-state index >= 15 is 0 Å². The van der Waals surface area contributed by atoms with Crippen LogP contribution in [0.25, 0.3) is 11.4 Å². The molecule has 0 amide bonds. The second-order valence-corrected chi connectivity index (χ2v) is 5.68. The lowest BCUT2D eigenvalue weighted by atomic mass is 10.1. The highest BCUT2D eigenvalue weighted by Gasteiger charge is 2.38. The Morgan fingerprint density at radius 2 is 1.87 bits per heavy atom. The van der Waals surface area contributed by atoms with Crippen LogP contribution in [-0.2, 0) is 6.18 Å². The van der Waals surface area contributed by atoms with Crippen LogP contribution in [0.3, 0.4) is 0 Å². The average molecular weight is 338 g/mol. The summed E-state index contributed by atoms with van der Waals surface area (Å²) in [5.41, 5.74) is 1.67. The number of rotatable bonds is 3. The first-order valence-corrected chi connectivity index (χ1v) is 7.34. The molecule has 0 N–H and O–H groups in total. The number of hydrogen-bond donors (Lipinski definition) is 0. The van der Waals surface area contributed by atoms with Gasteiger partial charge in [-0.2, -0.15) is 18.2 Å². The van der Waals surface area contributed by atoms with Gasteiger partial charge in [-0.3, -0.25) is 4.79 Å². The number of hydrogen-bond acceptors (Lipinski definition) is 5.